The highest BCUT2D eigenvalue weighted by molar-refractivity contribution is 14.1. The van der Waals surface area contributed by atoms with Crippen LogP contribution in [0.15, 0.2) is 24.3 Å². The molecule has 1 N–H and O–H groups in total. The monoisotopic (exact) mass is 456 g/mol. The molecule has 2 heterocycles. The van der Waals surface area contributed by atoms with Crippen LogP contribution < -0.4 is 10.8 Å². The van der Waals surface area contributed by atoms with Gasteiger partial charge in [0.25, 0.3) is 0 Å². The van der Waals surface area contributed by atoms with Crippen molar-refractivity contribution in [1.29, 1.82) is 0 Å². The molecule has 0 aliphatic carbocycles. The molecule has 0 bridgehead atoms. The first-order chi connectivity index (χ1) is 11.7. The lowest BCUT2D eigenvalue weighted by atomic mass is 9.79. The molecule has 1 aromatic rings. The Morgan fingerprint density at radius 2 is 1.84 bits per heavy atom. The van der Waals surface area contributed by atoms with E-state index in [0.29, 0.717) is 6.04 Å². The van der Waals surface area contributed by atoms with Crippen molar-refractivity contribution in [3.8, 4) is 0 Å². The second kappa shape index (κ2) is 7.08. The number of rotatable bonds is 3. The summed E-state index contributed by atoms with van der Waals surface area (Å²) in [6, 6.07) is 8.07. The van der Waals surface area contributed by atoms with Crippen LogP contribution in [0.25, 0.3) is 0 Å². The van der Waals surface area contributed by atoms with E-state index in [1.807, 2.05) is 56.9 Å². The Kier molecular flexibility index (Phi) is 5.37. The number of likely N-dealkylation sites (tertiary alicyclic amines) is 1. The molecule has 5 nitrogen and oxygen atoms in total. The fraction of sp³-hybridized carbons (Fsp3) is 0.611. The van der Waals surface area contributed by atoms with Gasteiger partial charge in [-0.25, -0.2) is 4.79 Å². The molecule has 0 radical (unpaired) electrons. The Labute approximate surface area is 164 Å². The van der Waals surface area contributed by atoms with Crippen molar-refractivity contribution in [2.45, 2.75) is 57.8 Å². The molecule has 25 heavy (non-hydrogen) atoms. The zero-order chi connectivity index (χ0) is 18.2. The fourth-order valence-corrected chi connectivity index (χ4v) is 4.08. The molecule has 0 unspecified atom stereocenters. The molecule has 2 saturated heterocycles. The van der Waals surface area contributed by atoms with Crippen LogP contribution in [-0.2, 0) is 9.31 Å². The van der Waals surface area contributed by atoms with Crippen molar-refractivity contribution in [2.75, 3.05) is 16.3 Å². The zero-order valence-corrected chi connectivity index (χ0v) is 17.5. The largest absolute Gasteiger partial charge is 0.494 e. The summed E-state index contributed by atoms with van der Waals surface area (Å²) < 4.78 is 13.1. The minimum Gasteiger partial charge on any atom is -0.399 e. The van der Waals surface area contributed by atoms with Crippen LogP contribution in [0.1, 0.15) is 40.5 Å². The summed E-state index contributed by atoms with van der Waals surface area (Å²) >= 11 is 2.35. The average Bonchev–Trinajstić information content (AvgIpc) is 3.10. The van der Waals surface area contributed by atoms with Gasteiger partial charge in [-0.2, -0.15) is 0 Å². The molecule has 7 heteroatoms. The number of urea groups is 1. The van der Waals surface area contributed by atoms with E-state index in [1.165, 1.54) is 0 Å². The van der Waals surface area contributed by atoms with Crippen molar-refractivity contribution in [3.05, 3.63) is 24.3 Å². The third-order valence-corrected chi connectivity index (χ3v) is 6.52. The summed E-state index contributed by atoms with van der Waals surface area (Å²) in [6.45, 7) is 9.01. The molecule has 3 rings (SSSR count). The number of benzene rings is 1. The van der Waals surface area contributed by atoms with Crippen molar-refractivity contribution < 1.29 is 14.1 Å². The summed E-state index contributed by atoms with van der Waals surface area (Å²) in [6.07, 6.45) is 2.18. The molecule has 0 spiro atoms. The van der Waals surface area contributed by atoms with Crippen LogP contribution in [-0.4, -0.2) is 46.3 Å². The van der Waals surface area contributed by atoms with Gasteiger partial charge in [0.15, 0.2) is 0 Å². The lowest BCUT2D eigenvalue weighted by molar-refractivity contribution is 0.00578. The van der Waals surface area contributed by atoms with Gasteiger partial charge in [-0.1, -0.05) is 34.7 Å². The van der Waals surface area contributed by atoms with Gasteiger partial charge in [-0.3, -0.25) is 0 Å². The molecule has 2 aliphatic heterocycles. The summed E-state index contributed by atoms with van der Waals surface area (Å²) in [5, 5.41) is 3.00. The molecule has 2 aliphatic rings. The van der Waals surface area contributed by atoms with Crippen molar-refractivity contribution in [1.82, 2.24) is 4.90 Å². The van der Waals surface area contributed by atoms with E-state index in [0.717, 1.165) is 35.0 Å². The highest BCUT2D eigenvalue weighted by Crippen LogP contribution is 2.36. The van der Waals surface area contributed by atoms with E-state index >= 15 is 0 Å². The van der Waals surface area contributed by atoms with Crippen LogP contribution in [0.2, 0.25) is 0 Å². The van der Waals surface area contributed by atoms with Gasteiger partial charge in [0.05, 0.1) is 11.2 Å². The van der Waals surface area contributed by atoms with Crippen LogP contribution in [0.5, 0.6) is 0 Å². The van der Waals surface area contributed by atoms with E-state index in [4.69, 9.17) is 9.31 Å². The van der Waals surface area contributed by atoms with Crippen LogP contribution in [0.3, 0.4) is 0 Å². The fourth-order valence-electron chi connectivity index (χ4n) is 3.16. The first-order valence-electron chi connectivity index (χ1n) is 8.83. The topological polar surface area (TPSA) is 50.8 Å². The van der Waals surface area contributed by atoms with Crippen LogP contribution in [0, 0.1) is 0 Å². The molecule has 1 atom stereocenters. The minimum atomic E-state index is -0.378. The molecule has 0 aromatic heterocycles. The van der Waals surface area contributed by atoms with Crippen molar-refractivity contribution in [3.63, 3.8) is 0 Å². The summed E-state index contributed by atoms with van der Waals surface area (Å²) in [5.74, 6) is 0. The molecule has 0 saturated carbocycles. The Morgan fingerprint density at radius 3 is 2.40 bits per heavy atom. The number of alkyl halides is 1. The number of carbonyl (C=O) groups is 1. The highest BCUT2D eigenvalue weighted by atomic mass is 127. The third-order valence-electron chi connectivity index (χ3n) is 5.50. The van der Waals surface area contributed by atoms with E-state index in [2.05, 4.69) is 27.9 Å². The van der Waals surface area contributed by atoms with Crippen molar-refractivity contribution in [2.24, 2.45) is 0 Å². The predicted molar refractivity (Wildman–Crippen MR) is 110 cm³/mol. The van der Waals surface area contributed by atoms with Crippen LogP contribution in [0.4, 0.5) is 10.5 Å². The maximum Gasteiger partial charge on any atom is 0.494 e. The molecule has 2 fully saturated rings. The number of amides is 2. The van der Waals surface area contributed by atoms with Gasteiger partial charge >= 0.3 is 13.1 Å². The molecule has 136 valence electrons. The Hall–Kier alpha value is -0.795. The standard InChI is InChI=1S/C18H26BIN2O3/c1-17(2)18(3,4)25-19(24-17)13-7-9-14(10-8-13)21-16(23)22-11-5-6-15(22)12-20/h7-10,15H,5-6,11-12H2,1-4H3,(H,21,23)/t15-/m0/s1. The van der Waals surface area contributed by atoms with Gasteiger partial charge in [0, 0.05) is 22.7 Å². The number of halogens is 1. The summed E-state index contributed by atoms with van der Waals surface area (Å²) in [4.78, 5) is 14.4. The summed E-state index contributed by atoms with van der Waals surface area (Å²) in [5.41, 5.74) is 1.05. The predicted octanol–water partition coefficient (Wildman–Crippen LogP) is 3.42. The molecular formula is C18H26BIN2O3. The average molecular weight is 456 g/mol. The number of anilines is 1. The number of carbonyl (C=O) groups excluding carboxylic acids is 1. The normalized spacial score (nSPS) is 24.6. The maximum absolute atomic E-state index is 12.5. The number of nitrogens with one attached hydrogen (secondary N) is 1. The second-order valence-electron chi connectivity index (χ2n) is 7.78. The molecular weight excluding hydrogens is 430 g/mol. The number of hydrogen-bond acceptors (Lipinski definition) is 3. The minimum absolute atomic E-state index is 0.0115. The lowest BCUT2D eigenvalue weighted by Gasteiger charge is -2.32. The van der Waals surface area contributed by atoms with E-state index in [1.54, 1.807) is 0 Å². The summed E-state index contributed by atoms with van der Waals surface area (Å²) in [7, 11) is -0.378. The number of hydrogen-bond donors (Lipinski definition) is 1. The van der Waals surface area contributed by atoms with Gasteiger partial charge < -0.3 is 19.5 Å². The molecule has 1 aromatic carbocycles. The smallest absolute Gasteiger partial charge is 0.399 e. The molecule has 2 amide bonds. The highest BCUT2D eigenvalue weighted by Gasteiger charge is 2.51. The lowest BCUT2D eigenvalue weighted by Crippen LogP contribution is -2.41. The Morgan fingerprint density at radius 1 is 1.24 bits per heavy atom. The van der Waals surface area contributed by atoms with Gasteiger partial charge in [0.1, 0.15) is 0 Å². The van der Waals surface area contributed by atoms with E-state index in [9.17, 15) is 4.79 Å². The van der Waals surface area contributed by atoms with Gasteiger partial charge in [-0.15, -0.1) is 0 Å². The first-order valence-corrected chi connectivity index (χ1v) is 10.4. The first kappa shape index (κ1) is 19.0. The van der Waals surface area contributed by atoms with Gasteiger partial charge in [-0.05, 0) is 58.1 Å². The maximum atomic E-state index is 12.5. The van der Waals surface area contributed by atoms with Crippen molar-refractivity contribution >= 4 is 46.9 Å². The van der Waals surface area contributed by atoms with Gasteiger partial charge in [0.2, 0.25) is 0 Å². The second-order valence-corrected chi connectivity index (χ2v) is 8.66. The third kappa shape index (κ3) is 3.83. The number of nitrogens with zero attached hydrogens (tertiary/aromatic N) is 1. The Balaban J connectivity index is 1.64. The zero-order valence-electron chi connectivity index (χ0n) is 15.3. The SMILES string of the molecule is CC1(C)OB(c2ccc(NC(=O)N3CCC[C@H]3CI)cc2)OC1(C)C. The quantitative estimate of drug-likeness (QED) is 0.431. The van der Waals surface area contributed by atoms with E-state index in [-0.39, 0.29) is 24.4 Å². The Bertz CT molecular complexity index is 620. The van der Waals surface area contributed by atoms with E-state index < -0.39 is 0 Å². The van der Waals surface area contributed by atoms with Crippen LogP contribution >= 0.6 is 22.6 Å².